The molecule has 1 unspecified atom stereocenters. The van der Waals surface area contributed by atoms with E-state index in [1.165, 1.54) is 0 Å². The maximum atomic E-state index is 13.1. The molecule has 12 nitrogen and oxygen atoms in total. The molecule has 13 heteroatoms. The number of fused-ring (bicyclic) bond motifs is 1. The van der Waals surface area contributed by atoms with Gasteiger partial charge in [0.2, 0.25) is 11.9 Å². The van der Waals surface area contributed by atoms with E-state index in [2.05, 4.69) is 66.3 Å². The van der Waals surface area contributed by atoms with E-state index in [1.807, 2.05) is 66.7 Å². The number of methoxy groups -OCH3 is 2. The van der Waals surface area contributed by atoms with Crippen molar-refractivity contribution in [1.82, 2.24) is 19.5 Å². The molecule has 1 aliphatic rings. The van der Waals surface area contributed by atoms with E-state index < -0.39 is 37.9 Å². The third-order valence-electron chi connectivity index (χ3n) is 10.6. The maximum absolute atomic E-state index is 13.1. The number of anilines is 1. The Morgan fingerprint density at radius 3 is 2.06 bits per heavy atom. The minimum atomic E-state index is -2.23. The highest BCUT2D eigenvalue weighted by Crippen LogP contribution is 2.46. The third-order valence-corrected chi connectivity index (χ3v) is 15.1. The van der Waals surface area contributed by atoms with Crippen LogP contribution >= 0.6 is 0 Å². The number of amides is 1. The van der Waals surface area contributed by atoms with Crippen LogP contribution in [0.5, 0.6) is 11.5 Å². The van der Waals surface area contributed by atoms with Gasteiger partial charge in [0.1, 0.15) is 29.4 Å². The first-order valence-electron chi connectivity index (χ1n) is 18.3. The van der Waals surface area contributed by atoms with Crippen LogP contribution in [0.2, 0.25) is 18.1 Å². The van der Waals surface area contributed by atoms with Gasteiger partial charge in [0, 0.05) is 12.3 Å². The van der Waals surface area contributed by atoms with Crippen molar-refractivity contribution in [3.05, 3.63) is 112 Å². The number of benzene rings is 3. The lowest BCUT2D eigenvalue weighted by molar-refractivity contribution is -0.118. The molecule has 3 aromatic carbocycles. The number of nitrogens with zero attached hydrogens (tertiary/aromatic N) is 3. The lowest BCUT2D eigenvalue weighted by Crippen LogP contribution is -2.46. The van der Waals surface area contributed by atoms with Crippen molar-refractivity contribution in [2.24, 2.45) is 5.92 Å². The summed E-state index contributed by atoms with van der Waals surface area (Å²) in [6, 6.07) is 26.0. The maximum Gasteiger partial charge on any atom is 0.280 e. The van der Waals surface area contributed by atoms with Gasteiger partial charge in [-0.05, 0) is 59.1 Å². The van der Waals surface area contributed by atoms with E-state index in [0.29, 0.717) is 6.42 Å². The summed E-state index contributed by atoms with van der Waals surface area (Å²) < 4.78 is 34.1. The van der Waals surface area contributed by atoms with Gasteiger partial charge in [-0.1, -0.05) is 89.2 Å². The summed E-state index contributed by atoms with van der Waals surface area (Å²) >= 11 is 0. The van der Waals surface area contributed by atoms with Crippen molar-refractivity contribution in [3.63, 3.8) is 0 Å². The average molecular weight is 754 g/mol. The fraction of sp³-hybridized carbons (Fsp3) is 0.415. The van der Waals surface area contributed by atoms with E-state index in [-0.39, 0.29) is 40.6 Å². The highest BCUT2D eigenvalue weighted by molar-refractivity contribution is 6.74. The lowest BCUT2D eigenvalue weighted by atomic mass is 9.79. The van der Waals surface area contributed by atoms with Crippen LogP contribution in [0.25, 0.3) is 11.2 Å². The molecule has 6 rings (SSSR count). The van der Waals surface area contributed by atoms with E-state index >= 15 is 0 Å². The number of carbonyl (C=O) groups is 1. The second-order valence-electron chi connectivity index (χ2n) is 15.5. The van der Waals surface area contributed by atoms with Gasteiger partial charge in [-0.2, -0.15) is 4.98 Å². The third kappa shape index (κ3) is 7.72. The predicted molar refractivity (Wildman–Crippen MR) is 210 cm³/mol. The Morgan fingerprint density at radius 1 is 0.944 bits per heavy atom. The van der Waals surface area contributed by atoms with E-state index in [9.17, 15) is 9.59 Å². The molecule has 1 saturated heterocycles. The first-order valence-corrected chi connectivity index (χ1v) is 21.2. The Morgan fingerprint density at radius 2 is 1.52 bits per heavy atom. The molecule has 0 spiro atoms. The molecule has 1 amide bonds. The highest BCUT2D eigenvalue weighted by atomic mass is 28.4. The SMILES string of the molecule is COc1ccc(C(OC2C[C@H](n3cnc4c(=O)[nH]c(NC(=O)C(C)C)nc43)O[C@@H]2CO[Si](C)(C)C(C)(C)C)(c2ccccc2)c2ccc(OC)cc2)cc1. The number of hydrogen-bond acceptors (Lipinski definition) is 9. The first-order chi connectivity index (χ1) is 25.7. The van der Waals surface area contributed by atoms with Crippen LogP contribution in [0.15, 0.2) is 90.0 Å². The second kappa shape index (κ2) is 15.5. The summed E-state index contributed by atoms with van der Waals surface area (Å²) in [5.41, 5.74) is 1.53. The molecule has 54 heavy (non-hydrogen) atoms. The zero-order valence-corrected chi connectivity index (χ0v) is 33.5. The molecule has 0 saturated carbocycles. The van der Waals surface area contributed by atoms with Crippen LogP contribution in [-0.4, -0.2) is 66.8 Å². The van der Waals surface area contributed by atoms with Gasteiger partial charge in [-0.25, -0.2) is 4.98 Å². The van der Waals surface area contributed by atoms with Crippen molar-refractivity contribution < 1.29 is 28.2 Å². The minimum Gasteiger partial charge on any atom is -0.497 e. The smallest absolute Gasteiger partial charge is 0.280 e. The number of rotatable bonds is 13. The summed E-state index contributed by atoms with van der Waals surface area (Å²) in [6.07, 6.45) is 0.250. The normalized spacial score (nSPS) is 17.9. The summed E-state index contributed by atoms with van der Waals surface area (Å²) in [6.45, 7) is 14.9. The average Bonchev–Trinajstić information content (AvgIpc) is 3.77. The summed E-state index contributed by atoms with van der Waals surface area (Å²) in [5, 5.41) is 2.67. The van der Waals surface area contributed by atoms with Gasteiger partial charge in [-0.3, -0.25) is 24.5 Å². The van der Waals surface area contributed by atoms with Crippen LogP contribution in [0.3, 0.4) is 0 Å². The number of aromatic amines is 1. The van der Waals surface area contributed by atoms with E-state index in [4.69, 9.17) is 23.4 Å². The highest BCUT2D eigenvalue weighted by Gasteiger charge is 2.48. The van der Waals surface area contributed by atoms with Crippen LogP contribution in [-0.2, 0) is 24.3 Å². The molecule has 1 aliphatic heterocycles. The van der Waals surface area contributed by atoms with Gasteiger partial charge in [0.15, 0.2) is 19.5 Å². The Labute approximate surface area is 317 Å². The van der Waals surface area contributed by atoms with Crippen LogP contribution < -0.4 is 20.3 Å². The van der Waals surface area contributed by atoms with Gasteiger partial charge in [-0.15, -0.1) is 0 Å². The largest absolute Gasteiger partial charge is 0.497 e. The Balaban J connectivity index is 1.48. The Kier molecular flexibility index (Phi) is 11.2. The zero-order chi connectivity index (χ0) is 38.8. The monoisotopic (exact) mass is 753 g/mol. The van der Waals surface area contributed by atoms with Crippen molar-refractivity contribution in [3.8, 4) is 11.5 Å². The van der Waals surface area contributed by atoms with Gasteiger partial charge in [0.25, 0.3) is 5.56 Å². The Bertz CT molecular complexity index is 2060. The van der Waals surface area contributed by atoms with Crippen LogP contribution in [0.4, 0.5) is 5.95 Å². The number of imidazole rings is 1. The zero-order valence-electron chi connectivity index (χ0n) is 32.5. The van der Waals surface area contributed by atoms with Crippen molar-refractivity contribution in [2.75, 3.05) is 26.1 Å². The Hall–Kier alpha value is -4.82. The fourth-order valence-electron chi connectivity index (χ4n) is 6.36. The van der Waals surface area contributed by atoms with Crippen LogP contribution in [0, 0.1) is 5.92 Å². The number of ether oxygens (including phenoxy) is 4. The second-order valence-corrected chi connectivity index (χ2v) is 20.3. The van der Waals surface area contributed by atoms with E-state index in [1.54, 1.807) is 39.0 Å². The number of H-pyrrole nitrogens is 1. The molecule has 0 aliphatic carbocycles. The van der Waals surface area contributed by atoms with Gasteiger partial charge < -0.3 is 23.4 Å². The van der Waals surface area contributed by atoms with Gasteiger partial charge >= 0.3 is 0 Å². The van der Waals surface area contributed by atoms with E-state index in [0.717, 1.165) is 28.2 Å². The quantitative estimate of drug-likeness (QED) is 0.0930. The standard InChI is InChI=1S/C41H51N5O7Si/c1-26(2)37(47)44-39-43-36-35(38(48)45-39)42-25-46(36)34-23-32(33(52-34)24-51-54(8,9)40(3,4)5)53-41(27-13-11-10-12-14-27,28-15-19-30(49-6)20-16-28)29-17-21-31(50-7)22-18-29/h10-22,25-26,32-34H,23-24H2,1-9H3,(H2,43,44,45,47,48)/t32?,33-,34-/m1/s1. The number of nitrogens with one attached hydrogen (secondary N) is 2. The van der Waals surface area contributed by atoms with Gasteiger partial charge in [0.05, 0.1) is 33.3 Å². The molecule has 1 fully saturated rings. The molecule has 286 valence electrons. The topological polar surface area (TPSA) is 139 Å². The first kappa shape index (κ1) is 38.9. The lowest BCUT2D eigenvalue weighted by Gasteiger charge is -2.40. The molecule has 2 aromatic heterocycles. The number of carbonyl (C=O) groups excluding carboxylic acids is 1. The van der Waals surface area contributed by atoms with Crippen LogP contribution in [0.1, 0.15) is 64.0 Å². The molecule has 0 radical (unpaired) electrons. The molecule has 3 heterocycles. The predicted octanol–water partition coefficient (Wildman–Crippen LogP) is 7.42. The molecular weight excluding hydrogens is 703 g/mol. The molecule has 0 bridgehead atoms. The van der Waals surface area contributed by atoms with Crippen molar-refractivity contribution in [1.29, 1.82) is 0 Å². The van der Waals surface area contributed by atoms with Crippen molar-refractivity contribution in [2.45, 2.75) is 83.2 Å². The number of hydrogen-bond donors (Lipinski definition) is 2. The summed E-state index contributed by atoms with van der Waals surface area (Å²) in [4.78, 5) is 37.4. The minimum absolute atomic E-state index is 0.0380. The molecular formula is C41H51N5O7Si. The summed E-state index contributed by atoms with van der Waals surface area (Å²) in [5.74, 6) is 0.900. The fourth-order valence-corrected chi connectivity index (χ4v) is 7.38. The summed E-state index contributed by atoms with van der Waals surface area (Å²) in [7, 11) is 1.06. The molecule has 5 aromatic rings. The van der Waals surface area contributed by atoms with Crippen molar-refractivity contribution >= 4 is 31.3 Å². The molecule has 2 N–H and O–H groups in total. The molecule has 3 atom stereocenters. The number of aromatic nitrogens is 4.